The number of pyridine rings is 1. The van der Waals surface area contributed by atoms with Gasteiger partial charge in [0.2, 0.25) is 0 Å². The standard InChI is InChI=1S/C25H34FN5O3S/c1-16-10-25(15-34-16)5-8-30(9-6-25)22-18(14-32)29-20(11-28-22)35-19-4-7-27-23(21(19)26)31-12-17(13-31)24(2,3)33/h4,7,11,16-17,32-33H,5-6,8-10,12-15H2,1-3H3/t16-/m0/s1. The molecule has 0 unspecified atom stereocenters. The smallest absolute Gasteiger partial charge is 0.179 e. The number of aliphatic hydroxyl groups excluding tert-OH is 1. The van der Waals surface area contributed by atoms with E-state index in [0.717, 1.165) is 39.0 Å². The molecule has 3 aliphatic heterocycles. The minimum Gasteiger partial charge on any atom is -0.390 e. The van der Waals surface area contributed by atoms with E-state index in [9.17, 15) is 10.2 Å². The van der Waals surface area contributed by atoms with Crippen LogP contribution in [0.5, 0.6) is 0 Å². The fraction of sp³-hybridized carbons (Fsp3) is 0.640. The second-order valence-electron chi connectivity index (χ2n) is 10.8. The van der Waals surface area contributed by atoms with E-state index in [-0.39, 0.29) is 23.8 Å². The third-order valence-electron chi connectivity index (χ3n) is 7.70. The number of halogens is 1. The number of piperidine rings is 1. The molecule has 0 bridgehead atoms. The first-order valence-electron chi connectivity index (χ1n) is 12.3. The van der Waals surface area contributed by atoms with Crippen molar-refractivity contribution < 1.29 is 19.3 Å². The molecule has 0 saturated carbocycles. The van der Waals surface area contributed by atoms with Crippen LogP contribution in [0.25, 0.3) is 0 Å². The predicted molar refractivity (Wildman–Crippen MR) is 132 cm³/mol. The Balaban J connectivity index is 1.27. The lowest BCUT2D eigenvalue weighted by Gasteiger charge is -2.45. The SMILES string of the molecule is C[C@H]1CC2(CCN(c3ncc(Sc4ccnc(N5CC(C(C)(C)O)C5)c4F)nc3CO)CC2)CO1. The number of nitrogens with zero attached hydrogens (tertiary/aromatic N) is 5. The highest BCUT2D eigenvalue weighted by Crippen LogP contribution is 2.43. The van der Waals surface area contributed by atoms with Crippen LogP contribution in [0, 0.1) is 17.2 Å². The van der Waals surface area contributed by atoms with Gasteiger partial charge in [-0.15, -0.1) is 0 Å². The summed E-state index contributed by atoms with van der Waals surface area (Å²) in [6.45, 7) is 9.12. The summed E-state index contributed by atoms with van der Waals surface area (Å²) in [4.78, 5) is 17.9. The monoisotopic (exact) mass is 503 g/mol. The van der Waals surface area contributed by atoms with Crippen LogP contribution < -0.4 is 9.80 Å². The van der Waals surface area contributed by atoms with Crippen molar-refractivity contribution in [1.29, 1.82) is 0 Å². The molecule has 5 heterocycles. The molecule has 3 aliphatic rings. The molecule has 3 fully saturated rings. The molecule has 2 N–H and O–H groups in total. The van der Waals surface area contributed by atoms with E-state index in [0.29, 0.717) is 40.6 Å². The first-order chi connectivity index (χ1) is 16.7. The summed E-state index contributed by atoms with van der Waals surface area (Å²) in [7, 11) is 0. The number of rotatable bonds is 6. The van der Waals surface area contributed by atoms with Crippen molar-refractivity contribution in [2.24, 2.45) is 11.3 Å². The van der Waals surface area contributed by atoms with Gasteiger partial charge in [-0.2, -0.15) is 0 Å². The maximum absolute atomic E-state index is 15.3. The fourth-order valence-electron chi connectivity index (χ4n) is 5.34. The number of aromatic nitrogens is 3. The molecule has 5 rings (SSSR count). The minimum absolute atomic E-state index is 0.0831. The van der Waals surface area contributed by atoms with E-state index in [1.165, 1.54) is 11.8 Å². The molecule has 0 aromatic carbocycles. The molecule has 35 heavy (non-hydrogen) atoms. The lowest BCUT2D eigenvalue weighted by atomic mass is 9.77. The molecule has 0 amide bonds. The Kier molecular flexibility index (Phi) is 6.67. The molecular weight excluding hydrogens is 469 g/mol. The van der Waals surface area contributed by atoms with Gasteiger partial charge < -0.3 is 24.7 Å². The number of ether oxygens (including phenoxy) is 1. The summed E-state index contributed by atoms with van der Waals surface area (Å²) in [5.41, 5.74) is -0.0267. The largest absolute Gasteiger partial charge is 0.390 e. The van der Waals surface area contributed by atoms with E-state index in [1.807, 2.05) is 4.90 Å². The summed E-state index contributed by atoms with van der Waals surface area (Å²) in [5.74, 6) is 0.667. The maximum Gasteiger partial charge on any atom is 0.179 e. The van der Waals surface area contributed by atoms with Gasteiger partial charge in [0.25, 0.3) is 0 Å². The summed E-state index contributed by atoms with van der Waals surface area (Å²) >= 11 is 1.18. The normalized spacial score (nSPS) is 22.6. The van der Waals surface area contributed by atoms with Gasteiger partial charge in [0.05, 0.1) is 36.0 Å². The zero-order valence-corrected chi connectivity index (χ0v) is 21.4. The molecule has 2 aromatic heterocycles. The van der Waals surface area contributed by atoms with Gasteiger partial charge in [0.15, 0.2) is 17.5 Å². The van der Waals surface area contributed by atoms with Gasteiger partial charge in [-0.05, 0) is 51.5 Å². The average Bonchev–Trinajstić information content (AvgIpc) is 3.14. The van der Waals surface area contributed by atoms with Gasteiger partial charge in [0.1, 0.15) is 10.7 Å². The number of anilines is 2. The minimum atomic E-state index is -0.796. The highest BCUT2D eigenvalue weighted by molar-refractivity contribution is 7.99. The average molecular weight is 504 g/mol. The summed E-state index contributed by atoms with van der Waals surface area (Å²) < 4.78 is 21.1. The van der Waals surface area contributed by atoms with E-state index >= 15 is 4.39 Å². The van der Waals surface area contributed by atoms with Crippen molar-refractivity contribution in [2.75, 3.05) is 42.6 Å². The van der Waals surface area contributed by atoms with Crippen LogP contribution in [0.4, 0.5) is 16.0 Å². The first-order valence-corrected chi connectivity index (χ1v) is 13.1. The highest BCUT2D eigenvalue weighted by Gasteiger charge is 2.42. The Labute approximate surface area is 209 Å². The zero-order valence-electron chi connectivity index (χ0n) is 20.6. The third-order valence-corrected chi connectivity index (χ3v) is 8.64. The van der Waals surface area contributed by atoms with Crippen LogP contribution in [0.3, 0.4) is 0 Å². The van der Waals surface area contributed by atoms with Crippen LogP contribution in [-0.4, -0.2) is 69.7 Å². The van der Waals surface area contributed by atoms with Crippen LogP contribution in [-0.2, 0) is 11.3 Å². The molecule has 0 aliphatic carbocycles. The lowest BCUT2D eigenvalue weighted by Crippen LogP contribution is -2.56. The molecule has 0 radical (unpaired) electrons. The fourth-order valence-corrected chi connectivity index (χ4v) is 6.13. The van der Waals surface area contributed by atoms with Crippen LogP contribution in [0.2, 0.25) is 0 Å². The van der Waals surface area contributed by atoms with Crippen molar-refractivity contribution in [3.8, 4) is 0 Å². The van der Waals surface area contributed by atoms with Crippen LogP contribution >= 0.6 is 11.8 Å². The van der Waals surface area contributed by atoms with E-state index < -0.39 is 11.4 Å². The van der Waals surface area contributed by atoms with E-state index in [2.05, 4.69) is 26.8 Å². The van der Waals surface area contributed by atoms with Crippen LogP contribution in [0.15, 0.2) is 28.4 Å². The van der Waals surface area contributed by atoms with Gasteiger partial charge in [0, 0.05) is 38.3 Å². The molecule has 190 valence electrons. The van der Waals surface area contributed by atoms with Crippen molar-refractivity contribution >= 4 is 23.4 Å². The van der Waals surface area contributed by atoms with Gasteiger partial charge in [-0.3, -0.25) is 0 Å². The summed E-state index contributed by atoms with van der Waals surface area (Å²) in [6.07, 6.45) is 6.74. The van der Waals surface area contributed by atoms with Crippen molar-refractivity contribution in [3.05, 3.63) is 30.0 Å². The number of aliphatic hydroxyl groups is 2. The third kappa shape index (κ3) is 4.98. The van der Waals surface area contributed by atoms with Crippen molar-refractivity contribution in [2.45, 2.75) is 68.3 Å². The molecule has 10 heteroatoms. The Bertz CT molecular complexity index is 1070. The van der Waals surface area contributed by atoms with Gasteiger partial charge >= 0.3 is 0 Å². The van der Waals surface area contributed by atoms with E-state index in [1.54, 1.807) is 32.3 Å². The second-order valence-corrected chi connectivity index (χ2v) is 11.8. The second kappa shape index (κ2) is 9.46. The number of hydrogen-bond acceptors (Lipinski definition) is 9. The molecule has 2 aromatic rings. The quantitative estimate of drug-likeness (QED) is 0.616. The molecule has 1 spiro atoms. The molecule has 3 saturated heterocycles. The Morgan fingerprint density at radius 3 is 2.57 bits per heavy atom. The summed E-state index contributed by atoms with van der Waals surface area (Å²) in [6, 6.07) is 1.62. The Hall–Kier alpha value is -2.01. The Morgan fingerprint density at radius 1 is 1.20 bits per heavy atom. The maximum atomic E-state index is 15.3. The zero-order chi connectivity index (χ0) is 24.8. The van der Waals surface area contributed by atoms with Crippen molar-refractivity contribution in [3.63, 3.8) is 0 Å². The highest BCUT2D eigenvalue weighted by atomic mass is 32.2. The van der Waals surface area contributed by atoms with Gasteiger partial charge in [-0.25, -0.2) is 19.3 Å². The van der Waals surface area contributed by atoms with Gasteiger partial charge in [-0.1, -0.05) is 11.8 Å². The first kappa shape index (κ1) is 24.7. The predicted octanol–water partition coefficient (Wildman–Crippen LogP) is 3.26. The van der Waals surface area contributed by atoms with E-state index in [4.69, 9.17) is 4.74 Å². The van der Waals surface area contributed by atoms with Crippen molar-refractivity contribution in [1.82, 2.24) is 15.0 Å². The topological polar surface area (TPSA) is 94.8 Å². The van der Waals surface area contributed by atoms with Crippen LogP contribution in [0.1, 0.15) is 45.7 Å². The summed E-state index contributed by atoms with van der Waals surface area (Å²) in [5, 5.41) is 20.7. The molecule has 8 nitrogen and oxygen atoms in total. The number of hydrogen-bond donors (Lipinski definition) is 2. The molecule has 1 atom stereocenters. The molecular formula is C25H34FN5O3S. The Morgan fingerprint density at radius 2 is 1.94 bits per heavy atom. The lowest BCUT2D eigenvalue weighted by molar-refractivity contribution is 0.00416.